The Labute approximate surface area is 241 Å². The number of fused-ring (bicyclic) bond motifs is 1. The quantitative estimate of drug-likeness (QED) is 0.360. The Balaban J connectivity index is 1.35. The van der Waals surface area contributed by atoms with E-state index in [1.165, 1.54) is 29.5 Å². The molecular weight excluding hydrogens is 546 g/mol. The smallest absolute Gasteiger partial charge is 0.244 e. The number of sulfonamides is 1. The van der Waals surface area contributed by atoms with Crippen molar-refractivity contribution in [2.45, 2.75) is 45.3 Å². The first-order valence-electron chi connectivity index (χ1n) is 13.8. The molecule has 10 heteroatoms. The van der Waals surface area contributed by atoms with Gasteiger partial charge in [-0.2, -0.15) is 9.40 Å². The molecule has 0 saturated carbocycles. The minimum absolute atomic E-state index is 0.214. The fourth-order valence-electron chi connectivity index (χ4n) is 5.45. The van der Waals surface area contributed by atoms with Gasteiger partial charge in [0.1, 0.15) is 0 Å². The molecule has 0 radical (unpaired) electrons. The highest BCUT2D eigenvalue weighted by Gasteiger charge is 2.30. The fraction of sp³-hybridized carbons (Fsp3) is 0.400. The van der Waals surface area contributed by atoms with Gasteiger partial charge in [-0.1, -0.05) is 48.0 Å². The molecule has 1 saturated heterocycles. The Bertz CT molecular complexity index is 1480. The van der Waals surface area contributed by atoms with E-state index < -0.39 is 10.0 Å². The number of likely N-dealkylation sites (tertiary alicyclic amines) is 1. The third-order valence-electron chi connectivity index (χ3n) is 7.61. The summed E-state index contributed by atoms with van der Waals surface area (Å²) >= 11 is 6.52. The van der Waals surface area contributed by atoms with E-state index in [-0.39, 0.29) is 12.5 Å². The largest absolute Gasteiger partial charge is 0.348 e. The average Bonchev–Trinajstić information content (AvgIpc) is 3.60. The maximum absolute atomic E-state index is 12.5. The van der Waals surface area contributed by atoms with Crippen LogP contribution in [0.15, 0.2) is 54.6 Å². The number of hydrogen-bond donors (Lipinski definition) is 1. The Morgan fingerprint density at radius 3 is 2.60 bits per heavy atom. The van der Waals surface area contributed by atoms with Gasteiger partial charge in [0, 0.05) is 60.5 Å². The second-order valence-electron chi connectivity index (χ2n) is 10.5. The van der Waals surface area contributed by atoms with Crippen molar-refractivity contribution >= 4 is 33.6 Å². The van der Waals surface area contributed by atoms with E-state index in [0.717, 1.165) is 66.2 Å². The van der Waals surface area contributed by atoms with Crippen molar-refractivity contribution in [3.63, 3.8) is 0 Å². The van der Waals surface area contributed by atoms with E-state index in [2.05, 4.69) is 14.9 Å². The predicted octanol–water partition coefficient (Wildman–Crippen LogP) is 4.34. The molecule has 40 heavy (non-hydrogen) atoms. The molecule has 0 spiro atoms. The van der Waals surface area contributed by atoms with Crippen LogP contribution in [0.5, 0.6) is 0 Å². The van der Waals surface area contributed by atoms with Gasteiger partial charge in [-0.25, -0.2) is 8.42 Å². The van der Waals surface area contributed by atoms with Crippen LogP contribution in [0.2, 0.25) is 5.02 Å². The molecule has 1 amide bonds. The molecule has 8 nitrogen and oxygen atoms in total. The molecule has 0 aliphatic carbocycles. The van der Waals surface area contributed by atoms with E-state index in [9.17, 15) is 13.2 Å². The predicted molar refractivity (Wildman–Crippen MR) is 159 cm³/mol. The van der Waals surface area contributed by atoms with Crippen LogP contribution in [-0.2, 0) is 40.9 Å². The molecule has 1 N–H and O–H groups in total. The van der Waals surface area contributed by atoms with Crippen LogP contribution in [-0.4, -0.2) is 65.7 Å². The molecule has 2 aromatic carbocycles. The van der Waals surface area contributed by atoms with Gasteiger partial charge in [-0.15, -0.1) is 0 Å². The number of carbonyl (C=O) groups is 1. The number of nitrogens with zero attached hydrogens (tertiary/aromatic N) is 4. The van der Waals surface area contributed by atoms with Crippen LogP contribution in [0, 0.1) is 0 Å². The zero-order chi connectivity index (χ0) is 28.1. The lowest BCUT2D eigenvalue weighted by molar-refractivity contribution is -0.116. The van der Waals surface area contributed by atoms with Crippen molar-refractivity contribution in [3.05, 3.63) is 82.0 Å². The number of nitrogens with one attached hydrogen (secondary N) is 1. The summed E-state index contributed by atoms with van der Waals surface area (Å²) in [5, 5.41) is 8.47. The molecule has 3 heterocycles. The summed E-state index contributed by atoms with van der Waals surface area (Å²) in [6.45, 7) is 5.19. The Kier molecular flexibility index (Phi) is 9.05. The van der Waals surface area contributed by atoms with Crippen LogP contribution in [0.3, 0.4) is 0 Å². The number of aromatic nitrogens is 2. The molecule has 5 rings (SSSR count). The van der Waals surface area contributed by atoms with Gasteiger partial charge < -0.3 is 10.2 Å². The molecule has 212 valence electrons. The molecular formula is C30H36ClN5O3S. The van der Waals surface area contributed by atoms with Crippen molar-refractivity contribution in [1.29, 1.82) is 0 Å². The molecule has 0 bridgehead atoms. The molecule has 0 atom stereocenters. The van der Waals surface area contributed by atoms with Gasteiger partial charge in [0.25, 0.3) is 0 Å². The average molecular weight is 582 g/mol. The van der Waals surface area contributed by atoms with Crippen LogP contribution >= 0.6 is 11.6 Å². The van der Waals surface area contributed by atoms with Crippen LogP contribution < -0.4 is 5.32 Å². The van der Waals surface area contributed by atoms with Gasteiger partial charge >= 0.3 is 0 Å². The number of aryl methyl sites for hydroxylation is 1. The zero-order valence-corrected chi connectivity index (χ0v) is 24.4. The SMILES string of the molecule is CS(=O)(=O)N1CCc2c(c(-c3ccc(Cl)c(CNC(=O)/C=C/c4ccccc4)c3)nn2CCCN2CCCC2)C1. The van der Waals surface area contributed by atoms with Crippen molar-refractivity contribution in [2.75, 3.05) is 32.4 Å². The molecule has 3 aromatic rings. The minimum Gasteiger partial charge on any atom is -0.348 e. The minimum atomic E-state index is -3.33. The maximum Gasteiger partial charge on any atom is 0.244 e. The lowest BCUT2D eigenvalue weighted by atomic mass is 10.0. The summed E-state index contributed by atoms with van der Waals surface area (Å²) in [5.74, 6) is -0.214. The van der Waals surface area contributed by atoms with Gasteiger partial charge in [0.2, 0.25) is 15.9 Å². The monoisotopic (exact) mass is 581 g/mol. The Hall–Kier alpha value is -2.98. The van der Waals surface area contributed by atoms with Crippen LogP contribution in [0.4, 0.5) is 0 Å². The number of carbonyl (C=O) groups excluding carboxylic acids is 1. The number of benzene rings is 2. The molecule has 2 aliphatic rings. The van der Waals surface area contributed by atoms with Crippen molar-refractivity contribution in [1.82, 2.24) is 24.3 Å². The van der Waals surface area contributed by atoms with Crippen molar-refractivity contribution in [3.8, 4) is 11.3 Å². The van der Waals surface area contributed by atoms with Gasteiger partial charge in [-0.3, -0.25) is 9.48 Å². The van der Waals surface area contributed by atoms with E-state index in [4.69, 9.17) is 16.7 Å². The number of amides is 1. The molecule has 2 aliphatic heterocycles. The first-order valence-corrected chi connectivity index (χ1v) is 16.1. The summed E-state index contributed by atoms with van der Waals surface area (Å²) in [6, 6.07) is 15.3. The van der Waals surface area contributed by atoms with Gasteiger partial charge in [-0.05, 0) is 68.2 Å². The number of rotatable bonds is 10. The van der Waals surface area contributed by atoms with E-state index in [1.54, 1.807) is 6.08 Å². The summed E-state index contributed by atoms with van der Waals surface area (Å²) < 4.78 is 28.4. The summed E-state index contributed by atoms with van der Waals surface area (Å²) in [6.07, 6.45) is 8.70. The number of halogens is 1. The third-order valence-corrected chi connectivity index (χ3v) is 9.23. The topological polar surface area (TPSA) is 87.5 Å². The normalized spacial score (nSPS) is 16.4. The molecule has 1 aromatic heterocycles. The summed E-state index contributed by atoms with van der Waals surface area (Å²) in [7, 11) is -3.33. The second kappa shape index (κ2) is 12.7. The Morgan fingerprint density at radius 1 is 1.07 bits per heavy atom. The lowest BCUT2D eigenvalue weighted by Gasteiger charge is -2.26. The zero-order valence-electron chi connectivity index (χ0n) is 22.9. The third kappa shape index (κ3) is 7.01. The van der Waals surface area contributed by atoms with Crippen molar-refractivity contribution in [2.24, 2.45) is 0 Å². The fourth-order valence-corrected chi connectivity index (χ4v) is 6.42. The van der Waals surface area contributed by atoms with Gasteiger partial charge in [0.05, 0.1) is 11.9 Å². The molecule has 0 unspecified atom stereocenters. The lowest BCUT2D eigenvalue weighted by Crippen LogP contribution is -2.35. The van der Waals surface area contributed by atoms with Gasteiger partial charge in [0.15, 0.2) is 0 Å². The van der Waals surface area contributed by atoms with Crippen LogP contribution in [0.25, 0.3) is 17.3 Å². The highest BCUT2D eigenvalue weighted by molar-refractivity contribution is 7.88. The first-order chi connectivity index (χ1) is 19.3. The maximum atomic E-state index is 12.5. The van der Waals surface area contributed by atoms with E-state index >= 15 is 0 Å². The van der Waals surface area contributed by atoms with Crippen molar-refractivity contribution < 1.29 is 13.2 Å². The summed E-state index contributed by atoms with van der Waals surface area (Å²) in [4.78, 5) is 15.0. The highest BCUT2D eigenvalue weighted by Crippen LogP contribution is 2.33. The van der Waals surface area contributed by atoms with Crippen LogP contribution in [0.1, 0.15) is 41.6 Å². The van der Waals surface area contributed by atoms with E-state index in [1.807, 2.05) is 48.5 Å². The molecule has 1 fully saturated rings. The summed E-state index contributed by atoms with van der Waals surface area (Å²) in [5.41, 5.74) is 5.40. The number of hydrogen-bond acceptors (Lipinski definition) is 5. The highest BCUT2D eigenvalue weighted by atomic mass is 35.5. The Morgan fingerprint density at radius 2 is 1.85 bits per heavy atom. The van der Waals surface area contributed by atoms with E-state index in [0.29, 0.717) is 24.5 Å². The standard InChI is InChI=1S/C30H36ClN5O3S/c1-40(38,39)35-19-14-28-26(22-35)30(33-36(28)18-7-17-34-15-5-6-16-34)24-11-12-27(31)25(20-24)21-32-29(37)13-10-23-8-3-2-4-9-23/h2-4,8-13,20H,5-7,14-19,21-22H2,1H3,(H,32,37)/b13-10+. The first kappa shape index (κ1) is 28.5. The second-order valence-corrected chi connectivity index (χ2v) is 12.9.